The molecule has 1 aliphatic heterocycles. The van der Waals surface area contributed by atoms with Crippen molar-refractivity contribution in [2.24, 2.45) is 11.7 Å². The lowest BCUT2D eigenvalue weighted by Crippen LogP contribution is -2.60. The van der Waals surface area contributed by atoms with Gasteiger partial charge in [0.25, 0.3) is 0 Å². The number of aromatic amines is 1. The number of amides is 2. The normalized spacial score (nSPS) is 18.5. The molecule has 2 aromatic heterocycles. The van der Waals surface area contributed by atoms with Gasteiger partial charge in [-0.05, 0) is 25.0 Å². The number of H-pyrrole nitrogens is 1. The van der Waals surface area contributed by atoms with Crippen molar-refractivity contribution < 1.29 is 9.59 Å². The topological polar surface area (TPSA) is 104 Å². The molecule has 26 heavy (non-hydrogen) atoms. The largest absolute Gasteiger partial charge is 0.366 e. The molecule has 136 valence electrons. The maximum atomic E-state index is 12.2. The molecule has 7 heteroatoms. The lowest BCUT2D eigenvalue weighted by atomic mass is 10.0. The van der Waals surface area contributed by atoms with Crippen LogP contribution in [0.4, 0.5) is 5.69 Å². The average molecular weight is 353 g/mol. The Hall–Kier alpha value is -2.83. The Labute approximate surface area is 151 Å². The van der Waals surface area contributed by atoms with E-state index in [0.717, 1.165) is 48.2 Å². The Morgan fingerprint density at radius 3 is 2.81 bits per heavy atom. The zero-order valence-corrected chi connectivity index (χ0v) is 14.6. The summed E-state index contributed by atoms with van der Waals surface area (Å²) in [4.78, 5) is 32.9. The fraction of sp³-hybridized carbons (Fsp3) is 0.421. The van der Waals surface area contributed by atoms with Crippen molar-refractivity contribution in [3.63, 3.8) is 0 Å². The first-order valence-corrected chi connectivity index (χ1v) is 9.10. The number of pyridine rings is 1. The number of aromatic nitrogens is 2. The highest BCUT2D eigenvalue weighted by molar-refractivity contribution is 5.95. The average Bonchev–Trinajstić information content (AvgIpc) is 3.25. The highest BCUT2D eigenvalue weighted by Gasteiger charge is 2.31. The summed E-state index contributed by atoms with van der Waals surface area (Å²) < 4.78 is 0. The third kappa shape index (κ3) is 3.29. The van der Waals surface area contributed by atoms with Crippen molar-refractivity contribution in [3.05, 3.63) is 30.1 Å². The van der Waals surface area contributed by atoms with E-state index in [9.17, 15) is 9.59 Å². The molecule has 0 atom stereocenters. The number of carbonyl (C=O) groups is 2. The predicted octanol–water partition coefficient (Wildman–Crippen LogP) is 1.56. The maximum absolute atomic E-state index is 12.2. The highest BCUT2D eigenvalue weighted by Crippen LogP contribution is 2.28. The SMILES string of the molecule is NC(=O)C=Cc1c[nH]c2ncc(N3CC(NC(=O)C4CCCC4)C3)cc12. The number of nitrogens with two attached hydrogens (primary N) is 1. The van der Waals surface area contributed by atoms with E-state index in [1.165, 1.54) is 18.9 Å². The second kappa shape index (κ2) is 6.82. The van der Waals surface area contributed by atoms with E-state index in [-0.39, 0.29) is 17.9 Å². The van der Waals surface area contributed by atoms with Crippen LogP contribution < -0.4 is 16.0 Å². The van der Waals surface area contributed by atoms with Crippen LogP contribution in [0.15, 0.2) is 24.5 Å². The Balaban J connectivity index is 1.41. The molecular formula is C19H23N5O2. The van der Waals surface area contributed by atoms with E-state index in [1.54, 1.807) is 6.08 Å². The van der Waals surface area contributed by atoms with Gasteiger partial charge in [0, 0.05) is 42.2 Å². The van der Waals surface area contributed by atoms with Crippen molar-refractivity contribution in [1.82, 2.24) is 15.3 Å². The molecule has 0 aromatic carbocycles. The van der Waals surface area contributed by atoms with Crippen LogP contribution in [0, 0.1) is 5.92 Å². The molecule has 1 aliphatic carbocycles. The summed E-state index contributed by atoms with van der Waals surface area (Å²) >= 11 is 0. The van der Waals surface area contributed by atoms with Gasteiger partial charge in [-0.2, -0.15) is 0 Å². The summed E-state index contributed by atoms with van der Waals surface area (Å²) in [5.74, 6) is -0.0567. The summed E-state index contributed by atoms with van der Waals surface area (Å²) in [6.07, 6.45) is 11.1. The predicted molar refractivity (Wildman–Crippen MR) is 100 cm³/mol. The van der Waals surface area contributed by atoms with Crippen molar-refractivity contribution in [2.75, 3.05) is 18.0 Å². The number of primary amides is 1. The highest BCUT2D eigenvalue weighted by atomic mass is 16.2. The Bertz CT molecular complexity index is 860. The molecule has 1 saturated carbocycles. The Morgan fingerprint density at radius 1 is 1.31 bits per heavy atom. The number of rotatable bonds is 5. The van der Waals surface area contributed by atoms with Gasteiger partial charge in [-0.15, -0.1) is 0 Å². The van der Waals surface area contributed by atoms with E-state index in [0.29, 0.717) is 0 Å². The summed E-state index contributed by atoms with van der Waals surface area (Å²) in [5.41, 5.74) is 7.82. The summed E-state index contributed by atoms with van der Waals surface area (Å²) in [5, 5.41) is 4.11. The molecular weight excluding hydrogens is 330 g/mol. The minimum absolute atomic E-state index is 0.208. The third-order valence-electron chi connectivity index (χ3n) is 5.29. The van der Waals surface area contributed by atoms with Gasteiger partial charge in [-0.1, -0.05) is 12.8 Å². The van der Waals surface area contributed by atoms with E-state index in [4.69, 9.17) is 5.73 Å². The molecule has 4 rings (SSSR count). The van der Waals surface area contributed by atoms with Crippen LogP contribution in [0.5, 0.6) is 0 Å². The van der Waals surface area contributed by atoms with E-state index in [1.807, 2.05) is 12.4 Å². The third-order valence-corrected chi connectivity index (χ3v) is 5.29. The number of fused-ring (bicyclic) bond motifs is 1. The smallest absolute Gasteiger partial charge is 0.241 e. The molecule has 0 bridgehead atoms. The van der Waals surface area contributed by atoms with Gasteiger partial charge in [-0.3, -0.25) is 9.59 Å². The van der Waals surface area contributed by atoms with Crippen LogP contribution in [0.3, 0.4) is 0 Å². The molecule has 2 amide bonds. The second-order valence-corrected chi connectivity index (χ2v) is 7.16. The second-order valence-electron chi connectivity index (χ2n) is 7.16. The molecule has 0 spiro atoms. The molecule has 7 nitrogen and oxygen atoms in total. The summed E-state index contributed by atoms with van der Waals surface area (Å²) in [6.45, 7) is 1.59. The van der Waals surface area contributed by atoms with Crippen LogP contribution in [0.2, 0.25) is 0 Å². The zero-order chi connectivity index (χ0) is 18.1. The van der Waals surface area contributed by atoms with Gasteiger partial charge in [0.15, 0.2) is 0 Å². The molecule has 3 heterocycles. The zero-order valence-electron chi connectivity index (χ0n) is 14.6. The van der Waals surface area contributed by atoms with Gasteiger partial charge < -0.3 is 20.9 Å². The van der Waals surface area contributed by atoms with E-state index >= 15 is 0 Å². The first kappa shape index (κ1) is 16.6. The van der Waals surface area contributed by atoms with Crippen LogP contribution in [-0.2, 0) is 9.59 Å². The Kier molecular flexibility index (Phi) is 4.36. The minimum Gasteiger partial charge on any atom is -0.366 e. The van der Waals surface area contributed by atoms with Crippen LogP contribution >= 0.6 is 0 Å². The van der Waals surface area contributed by atoms with Gasteiger partial charge in [-0.25, -0.2) is 4.98 Å². The van der Waals surface area contributed by atoms with Crippen LogP contribution in [-0.4, -0.2) is 40.9 Å². The molecule has 2 fully saturated rings. The molecule has 2 aromatic rings. The number of anilines is 1. The van der Waals surface area contributed by atoms with Crippen molar-refractivity contribution in [3.8, 4) is 0 Å². The fourth-order valence-corrected chi connectivity index (χ4v) is 3.78. The number of nitrogens with zero attached hydrogens (tertiary/aromatic N) is 2. The number of nitrogens with one attached hydrogen (secondary N) is 2. The quantitative estimate of drug-likeness (QED) is 0.710. The molecule has 1 saturated heterocycles. The summed E-state index contributed by atoms with van der Waals surface area (Å²) in [7, 11) is 0. The Morgan fingerprint density at radius 2 is 2.08 bits per heavy atom. The van der Waals surface area contributed by atoms with Gasteiger partial charge >= 0.3 is 0 Å². The summed E-state index contributed by atoms with van der Waals surface area (Å²) in [6, 6.07) is 2.26. The van der Waals surface area contributed by atoms with Crippen LogP contribution in [0.25, 0.3) is 17.1 Å². The first-order chi connectivity index (χ1) is 12.6. The molecule has 4 N–H and O–H groups in total. The maximum Gasteiger partial charge on any atom is 0.241 e. The number of carbonyl (C=O) groups excluding carboxylic acids is 2. The lowest BCUT2D eigenvalue weighted by Gasteiger charge is -2.41. The minimum atomic E-state index is -0.480. The molecule has 2 aliphatic rings. The fourth-order valence-electron chi connectivity index (χ4n) is 3.78. The monoisotopic (exact) mass is 353 g/mol. The van der Waals surface area contributed by atoms with Gasteiger partial charge in [0.1, 0.15) is 5.65 Å². The van der Waals surface area contributed by atoms with Crippen molar-refractivity contribution in [2.45, 2.75) is 31.7 Å². The lowest BCUT2D eigenvalue weighted by molar-refractivity contribution is -0.125. The van der Waals surface area contributed by atoms with Crippen molar-refractivity contribution in [1.29, 1.82) is 0 Å². The molecule has 0 unspecified atom stereocenters. The number of hydrogen-bond acceptors (Lipinski definition) is 4. The van der Waals surface area contributed by atoms with E-state index < -0.39 is 5.91 Å². The first-order valence-electron chi connectivity index (χ1n) is 9.10. The van der Waals surface area contributed by atoms with Gasteiger partial charge in [0.05, 0.1) is 17.9 Å². The van der Waals surface area contributed by atoms with Crippen molar-refractivity contribution >= 4 is 34.6 Å². The van der Waals surface area contributed by atoms with Gasteiger partial charge in [0.2, 0.25) is 11.8 Å². The number of hydrogen-bond donors (Lipinski definition) is 3. The van der Waals surface area contributed by atoms with E-state index in [2.05, 4.69) is 26.3 Å². The van der Waals surface area contributed by atoms with Crippen LogP contribution in [0.1, 0.15) is 31.2 Å². The molecule has 0 radical (unpaired) electrons. The standard InChI is InChI=1S/C19H23N5O2/c20-17(25)6-5-13-8-21-18-16(13)7-15(9-22-18)24-10-14(11-24)23-19(26)12-3-1-2-4-12/h5-9,12,14H,1-4,10-11H2,(H2,20,25)(H,21,22)(H,23,26).